The Kier molecular flexibility index (Phi) is 6.91. The minimum absolute atomic E-state index is 0.111. The van der Waals surface area contributed by atoms with E-state index in [2.05, 4.69) is 15.8 Å². The molecule has 0 saturated heterocycles. The van der Waals surface area contributed by atoms with Crippen molar-refractivity contribution < 1.29 is 14.3 Å². The van der Waals surface area contributed by atoms with E-state index >= 15 is 0 Å². The van der Waals surface area contributed by atoms with Gasteiger partial charge in [0.25, 0.3) is 0 Å². The summed E-state index contributed by atoms with van der Waals surface area (Å²) in [5, 5.41) is 6.29. The maximum atomic E-state index is 11.6. The topological polar surface area (TPSA) is 79.8 Å². The van der Waals surface area contributed by atoms with E-state index in [0.29, 0.717) is 12.4 Å². The smallest absolute Gasteiger partial charge is 0.329 e. The highest BCUT2D eigenvalue weighted by molar-refractivity contribution is 6.35. The molecule has 0 unspecified atom stereocenters. The molecule has 0 spiro atoms. The standard InChI is InChI=1S/C20H23N3O3/c1-14(2)22-19(24)20(25)23-21-12-17-5-4-6-18(11-17)26-13-16-9-7-15(3)8-10-16/h4-12,14H,13H2,1-3H3,(H,22,24)(H,23,25)/b21-12-. The lowest BCUT2D eigenvalue weighted by Gasteiger charge is -2.07. The highest BCUT2D eigenvalue weighted by Crippen LogP contribution is 2.14. The van der Waals surface area contributed by atoms with Crippen LogP contribution in [0.2, 0.25) is 0 Å². The quantitative estimate of drug-likeness (QED) is 0.476. The summed E-state index contributed by atoms with van der Waals surface area (Å²) >= 11 is 0. The van der Waals surface area contributed by atoms with Crippen LogP contribution in [0.1, 0.15) is 30.5 Å². The van der Waals surface area contributed by atoms with Crippen molar-refractivity contribution in [1.29, 1.82) is 0 Å². The largest absolute Gasteiger partial charge is 0.489 e. The molecule has 0 aliphatic carbocycles. The molecule has 6 heteroatoms. The van der Waals surface area contributed by atoms with Crippen LogP contribution in [-0.4, -0.2) is 24.1 Å². The van der Waals surface area contributed by atoms with Gasteiger partial charge in [-0.05, 0) is 44.0 Å². The molecule has 0 saturated carbocycles. The normalized spacial score (nSPS) is 10.8. The summed E-state index contributed by atoms with van der Waals surface area (Å²) in [6.07, 6.45) is 1.46. The van der Waals surface area contributed by atoms with Crippen LogP contribution in [0.4, 0.5) is 0 Å². The zero-order chi connectivity index (χ0) is 18.9. The van der Waals surface area contributed by atoms with Gasteiger partial charge in [0.1, 0.15) is 12.4 Å². The molecule has 0 heterocycles. The van der Waals surface area contributed by atoms with E-state index in [-0.39, 0.29) is 6.04 Å². The highest BCUT2D eigenvalue weighted by Gasteiger charge is 2.12. The highest BCUT2D eigenvalue weighted by atomic mass is 16.5. The van der Waals surface area contributed by atoms with E-state index in [4.69, 9.17) is 4.74 Å². The molecular weight excluding hydrogens is 330 g/mol. The monoisotopic (exact) mass is 353 g/mol. The van der Waals surface area contributed by atoms with Gasteiger partial charge in [-0.25, -0.2) is 5.43 Å². The first-order valence-corrected chi connectivity index (χ1v) is 8.36. The van der Waals surface area contributed by atoms with E-state index in [1.807, 2.05) is 49.4 Å². The molecule has 6 nitrogen and oxygen atoms in total. The Balaban J connectivity index is 1.88. The maximum Gasteiger partial charge on any atom is 0.329 e. The van der Waals surface area contributed by atoms with Crippen LogP contribution in [0.3, 0.4) is 0 Å². The number of hydrogen-bond acceptors (Lipinski definition) is 4. The number of amides is 2. The van der Waals surface area contributed by atoms with Crippen molar-refractivity contribution in [3.8, 4) is 5.75 Å². The lowest BCUT2D eigenvalue weighted by molar-refractivity contribution is -0.139. The van der Waals surface area contributed by atoms with Gasteiger partial charge < -0.3 is 10.1 Å². The van der Waals surface area contributed by atoms with Crippen LogP contribution >= 0.6 is 0 Å². The zero-order valence-electron chi connectivity index (χ0n) is 15.2. The fourth-order valence-electron chi connectivity index (χ4n) is 2.08. The summed E-state index contributed by atoms with van der Waals surface area (Å²) in [6, 6.07) is 15.3. The number of hydrogen-bond donors (Lipinski definition) is 2. The number of rotatable bonds is 6. The lowest BCUT2D eigenvalue weighted by Crippen LogP contribution is -2.41. The number of benzene rings is 2. The van der Waals surface area contributed by atoms with E-state index in [0.717, 1.165) is 11.1 Å². The van der Waals surface area contributed by atoms with Crippen molar-refractivity contribution in [2.45, 2.75) is 33.4 Å². The Morgan fingerprint density at radius 2 is 1.85 bits per heavy atom. The average Bonchev–Trinajstić information content (AvgIpc) is 2.61. The van der Waals surface area contributed by atoms with Crippen LogP contribution in [0, 0.1) is 6.92 Å². The number of carbonyl (C=O) groups excluding carboxylic acids is 2. The van der Waals surface area contributed by atoms with Crippen LogP contribution in [0.5, 0.6) is 5.75 Å². The first-order chi connectivity index (χ1) is 12.4. The van der Waals surface area contributed by atoms with E-state index in [1.54, 1.807) is 19.9 Å². The Hall–Kier alpha value is -3.15. The molecule has 136 valence electrons. The summed E-state index contributed by atoms with van der Waals surface area (Å²) in [7, 11) is 0. The third-order valence-corrected chi connectivity index (χ3v) is 3.39. The second-order valence-electron chi connectivity index (χ2n) is 6.17. The van der Waals surface area contributed by atoms with E-state index < -0.39 is 11.8 Å². The summed E-state index contributed by atoms with van der Waals surface area (Å²) in [5.74, 6) is -0.826. The summed E-state index contributed by atoms with van der Waals surface area (Å²) in [6.45, 7) is 6.05. The minimum Gasteiger partial charge on any atom is -0.489 e. The fraction of sp³-hybridized carbons (Fsp3) is 0.250. The third kappa shape index (κ3) is 6.39. The molecule has 2 aromatic carbocycles. The number of aryl methyl sites for hydroxylation is 1. The van der Waals surface area contributed by atoms with Gasteiger partial charge in [-0.2, -0.15) is 5.10 Å². The van der Waals surface area contributed by atoms with Crippen LogP contribution < -0.4 is 15.5 Å². The van der Waals surface area contributed by atoms with Crippen molar-refractivity contribution in [2.24, 2.45) is 5.10 Å². The maximum absolute atomic E-state index is 11.6. The first kappa shape index (κ1) is 19.2. The van der Waals surface area contributed by atoms with Gasteiger partial charge in [-0.15, -0.1) is 0 Å². The van der Waals surface area contributed by atoms with Crippen LogP contribution in [-0.2, 0) is 16.2 Å². The molecule has 0 radical (unpaired) electrons. The number of nitrogens with zero attached hydrogens (tertiary/aromatic N) is 1. The minimum atomic E-state index is -0.804. The number of ether oxygens (including phenoxy) is 1. The number of nitrogens with one attached hydrogen (secondary N) is 2. The summed E-state index contributed by atoms with van der Waals surface area (Å²) in [5.41, 5.74) is 5.23. The molecule has 0 fully saturated rings. The molecule has 2 rings (SSSR count). The third-order valence-electron chi connectivity index (χ3n) is 3.39. The van der Waals surface area contributed by atoms with Gasteiger partial charge in [0, 0.05) is 6.04 Å². The molecular formula is C20H23N3O3. The van der Waals surface area contributed by atoms with Crippen molar-refractivity contribution in [1.82, 2.24) is 10.7 Å². The number of hydrazone groups is 1. The summed E-state index contributed by atoms with van der Waals surface area (Å²) < 4.78 is 5.77. The zero-order valence-corrected chi connectivity index (χ0v) is 15.2. The molecule has 0 atom stereocenters. The van der Waals surface area contributed by atoms with Crippen LogP contribution in [0.15, 0.2) is 53.6 Å². The van der Waals surface area contributed by atoms with Gasteiger partial charge in [0.15, 0.2) is 0 Å². The SMILES string of the molecule is Cc1ccc(COc2cccc(/C=N\NC(=O)C(=O)NC(C)C)c2)cc1. The van der Waals surface area contributed by atoms with Crippen molar-refractivity contribution in [3.63, 3.8) is 0 Å². The Labute approximate surface area is 153 Å². The van der Waals surface area contributed by atoms with Crippen molar-refractivity contribution in [3.05, 3.63) is 65.2 Å². The van der Waals surface area contributed by atoms with Gasteiger partial charge in [-0.3, -0.25) is 9.59 Å². The van der Waals surface area contributed by atoms with Crippen molar-refractivity contribution in [2.75, 3.05) is 0 Å². The Morgan fingerprint density at radius 1 is 1.12 bits per heavy atom. The van der Waals surface area contributed by atoms with Gasteiger partial charge >= 0.3 is 11.8 Å². The fourth-order valence-corrected chi connectivity index (χ4v) is 2.08. The molecule has 2 amide bonds. The number of carbonyl (C=O) groups is 2. The van der Waals surface area contributed by atoms with Gasteiger partial charge in [0.2, 0.25) is 0 Å². The first-order valence-electron chi connectivity index (χ1n) is 8.36. The predicted molar refractivity (Wildman–Crippen MR) is 101 cm³/mol. The molecule has 2 N–H and O–H groups in total. The molecule has 0 bridgehead atoms. The van der Waals surface area contributed by atoms with Gasteiger partial charge in [0.05, 0.1) is 6.21 Å². The second kappa shape index (κ2) is 9.36. The Bertz CT molecular complexity index is 783. The second-order valence-corrected chi connectivity index (χ2v) is 6.17. The Morgan fingerprint density at radius 3 is 2.54 bits per heavy atom. The molecule has 26 heavy (non-hydrogen) atoms. The molecule has 0 aliphatic rings. The van der Waals surface area contributed by atoms with Crippen molar-refractivity contribution >= 4 is 18.0 Å². The lowest BCUT2D eigenvalue weighted by atomic mass is 10.2. The molecule has 0 aromatic heterocycles. The van der Waals surface area contributed by atoms with Gasteiger partial charge in [-0.1, -0.05) is 42.0 Å². The van der Waals surface area contributed by atoms with E-state index in [9.17, 15) is 9.59 Å². The molecule has 2 aromatic rings. The predicted octanol–water partition coefficient (Wildman–Crippen LogP) is 2.55. The average molecular weight is 353 g/mol. The summed E-state index contributed by atoms with van der Waals surface area (Å²) in [4.78, 5) is 23.0. The van der Waals surface area contributed by atoms with E-state index in [1.165, 1.54) is 11.8 Å². The molecule has 0 aliphatic heterocycles. The van der Waals surface area contributed by atoms with Crippen LogP contribution in [0.25, 0.3) is 0 Å².